The molecule has 0 radical (unpaired) electrons. The van der Waals surface area contributed by atoms with Crippen molar-refractivity contribution < 1.29 is 13.9 Å². The summed E-state index contributed by atoms with van der Waals surface area (Å²) in [4.78, 5) is 0. The van der Waals surface area contributed by atoms with Crippen LogP contribution in [0.5, 0.6) is 0 Å². The van der Waals surface area contributed by atoms with Crippen molar-refractivity contribution in [3.63, 3.8) is 0 Å². The first-order valence-corrected chi connectivity index (χ1v) is 6.83. The van der Waals surface area contributed by atoms with Crippen molar-refractivity contribution >= 4 is 0 Å². The van der Waals surface area contributed by atoms with Gasteiger partial charge in [0.1, 0.15) is 5.82 Å². The summed E-state index contributed by atoms with van der Waals surface area (Å²) in [6.07, 6.45) is 2.29. The van der Waals surface area contributed by atoms with Gasteiger partial charge in [-0.05, 0) is 38.3 Å². The van der Waals surface area contributed by atoms with Gasteiger partial charge in [0.15, 0.2) is 0 Å². The third-order valence-electron chi connectivity index (χ3n) is 3.48. The monoisotopic (exact) mass is 267 g/mol. The van der Waals surface area contributed by atoms with Crippen molar-refractivity contribution in [3.05, 3.63) is 35.1 Å². The maximum Gasteiger partial charge on any atom is 0.129 e. The summed E-state index contributed by atoms with van der Waals surface area (Å²) in [7, 11) is 0. The SMILES string of the molecule is CC1CC(OCc2ccc(CN)cc2F)CC(C)O1. The van der Waals surface area contributed by atoms with E-state index in [1.165, 1.54) is 6.07 Å². The summed E-state index contributed by atoms with van der Waals surface area (Å²) in [5, 5.41) is 0. The van der Waals surface area contributed by atoms with E-state index in [4.69, 9.17) is 15.2 Å². The summed E-state index contributed by atoms with van der Waals surface area (Å²) >= 11 is 0. The lowest BCUT2D eigenvalue weighted by Gasteiger charge is -2.32. The average molecular weight is 267 g/mol. The molecule has 4 heteroatoms. The Kier molecular flexibility index (Phi) is 4.91. The summed E-state index contributed by atoms with van der Waals surface area (Å²) in [5.74, 6) is -0.240. The number of ether oxygens (including phenoxy) is 2. The van der Waals surface area contributed by atoms with Gasteiger partial charge in [0, 0.05) is 12.1 Å². The Morgan fingerprint density at radius 2 is 2.00 bits per heavy atom. The molecule has 1 saturated heterocycles. The molecule has 1 aromatic carbocycles. The van der Waals surface area contributed by atoms with Crippen LogP contribution in [-0.2, 0) is 22.6 Å². The molecule has 106 valence electrons. The van der Waals surface area contributed by atoms with E-state index in [2.05, 4.69) is 0 Å². The molecule has 0 spiro atoms. The maximum absolute atomic E-state index is 13.8. The fraction of sp³-hybridized carbons (Fsp3) is 0.600. The predicted molar refractivity (Wildman–Crippen MR) is 72.1 cm³/mol. The van der Waals surface area contributed by atoms with Crippen LogP contribution in [0.4, 0.5) is 4.39 Å². The second-order valence-corrected chi connectivity index (χ2v) is 5.29. The van der Waals surface area contributed by atoms with Crippen LogP contribution in [0.3, 0.4) is 0 Å². The Morgan fingerprint density at radius 3 is 2.58 bits per heavy atom. The molecule has 0 aromatic heterocycles. The topological polar surface area (TPSA) is 44.5 Å². The highest BCUT2D eigenvalue weighted by Gasteiger charge is 2.25. The molecule has 19 heavy (non-hydrogen) atoms. The molecule has 0 saturated carbocycles. The fourth-order valence-electron chi connectivity index (χ4n) is 2.52. The molecule has 1 aliphatic rings. The van der Waals surface area contributed by atoms with Gasteiger partial charge in [-0.15, -0.1) is 0 Å². The lowest BCUT2D eigenvalue weighted by atomic mass is 10.0. The first-order valence-electron chi connectivity index (χ1n) is 6.83. The highest BCUT2D eigenvalue weighted by molar-refractivity contribution is 5.23. The molecule has 1 aliphatic heterocycles. The number of rotatable bonds is 4. The van der Waals surface area contributed by atoms with Crippen molar-refractivity contribution in [1.29, 1.82) is 0 Å². The van der Waals surface area contributed by atoms with E-state index >= 15 is 0 Å². The minimum atomic E-state index is -0.240. The second kappa shape index (κ2) is 6.46. The average Bonchev–Trinajstić information content (AvgIpc) is 2.36. The number of nitrogens with two attached hydrogens (primary N) is 1. The van der Waals surface area contributed by atoms with E-state index in [9.17, 15) is 4.39 Å². The molecule has 1 fully saturated rings. The third-order valence-corrected chi connectivity index (χ3v) is 3.48. The lowest BCUT2D eigenvalue weighted by molar-refractivity contribution is -0.106. The van der Waals surface area contributed by atoms with Gasteiger partial charge < -0.3 is 15.2 Å². The quantitative estimate of drug-likeness (QED) is 0.912. The van der Waals surface area contributed by atoms with Crippen molar-refractivity contribution in [1.82, 2.24) is 0 Å². The Balaban J connectivity index is 1.91. The predicted octanol–water partition coefficient (Wildman–Crippen LogP) is 2.76. The number of hydrogen-bond donors (Lipinski definition) is 1. The Hall–Kier alpha value is -0.970. The van der Waals surface area contributed by atoms with E-state index in [1.54, 1.807) is 6.07 Å². The summed E-state index contributed by atoms with van der Waals surface area (Å²) in [5.41, 5.74) is 6.87. The first kappa shape index (κ1) is 14.4. The van der Waals surface area contributed by atoms with Crippen molar-refractivity contribution in [3.8, 4) is 0 Å². The molecule has 3 nitrogen and oxygen atoms in total. The van der Waals surface area contributed by atoms with Crippen LogP contribution in [0.15, 0.2) is 18.2 Å². The molecule has 0 bridgehead atoms. The molecule has 2 rings (SSSR count). The molecule has 2 N–H and O–H groups in total. The minimum absolute atomic E-state index is 0.146. The molecule has 2 unspecified atom stereocenters. The molecular weight excluding hydrogens is 245 g/mol. The van der Waals surface area contributed by atoms with Gasteiger partial charge in [0.2, 0.25) is 0 Å². The molecule has 2 atom stereocenters. The van der Waals surface area contributed by atoms with Crippen molar-refractivity contribution in [2.45, 2.75) is 58.2 Å². The molecule has 0 aliphatic carbocycles. The van der Waals surface area contributed by atoms with Crippen LogP contribution in [0.2, 0.25) is 0 Å². The fourth-order valence-corrected chi connectivity index (χ4v) is 2.52. The van der Waals surface area contributed by atoms with E-state index in [-0.39, 0.29) is 24.1 Å². The van der Waals surface area contributed by atoms with Gasteiger partial charge in [-0.1, -0.05) is 12.1 Å². The van der Waals surface area contributed by atoms with E-state index in [1.807, 2.05) is 19.9 Å². The van der Waals surface area contributed by atoms with Crippen LogP contribution in [0.1, 0.15) is 37.8 Å². The van der Waals surface area contributed by atoms with Gasteiger partial charge in [-0.25, -0.2) is 4.39 Å². The van der Waals surface area contributed by atoms with Crippen LogP contribution in [-0.4, -0.2) is 18.3 Å². The third kappa shape index (κ3) is 4.00. The van der Waals surface area contributed by atoms with Crippen LogP contribution < -0.4 is 5.73 Å². The second-order valence-electron chi connectivity index (χ2n) is 5.29. The van der Waals surface area contributed by atoms with Gasteiger partial charge in [0.25, 0.3) is 0 Å². The molecule has 0 amide bonds. The largest absolute Gasteiger partial charge is 0.375 e. The first-order chi connectivity index (χ1) is 9.08. The number of halogens is 1. The highest BCUT2D eigenvalue weighted by Crippen LogP contribution is 2.23. The zero-order valence-corrected chi connectivity index (χ0v) is 11.6. The molecular formula is C15H22FNO2. The van der Waals surface area contributed by atoms with E-state index in [0.717, 1.165) is 18.4 Å². The van der Waals surface area contributed by atoms with Crippen molar-refractivity contribution in [2.75, 3.05) is 0 Å². The number of benzene rings is 1. The zero-order valence-electron chi connectivity index (χ0n) is 11.6. The van der Waals surface area contributed by atoms with Crippen LogP contribution in [0, 0.1) is 5.82 Å². The molecule has 1 heterocycles. The summed E-state index contributed by atoms with van der Waals surface area (Å²) in [6.45, 7) is 4.75. The Labute approximate surface area is 113 Å². The standard InChI is InChI=1S/C15H22FNO2/c1-10-5-14(6-11(2)19-10)18-9-13-4-3-12(8-17)7-15(13)16/h3-4,7,10-11,14H,5-6,8-9,17H2,1-2H3. The zero-order chi connectivity index (χ0) is 13.8. The Morgan fingerprint density at radius 1 is 1.32 bits per heavy atom. The highest BCUT2D eigenvalue weighted by atomic mass is 19.1. The maximum atomic E-state index is 13.8. The van der Waals surface area contributed by atoms with Gasteiger partial charge in [-0.3, -0.25) is 0 Å². The summed E-state index contributed by atoms with van der Waals surface area (Å²) in [6, 6.07) is 5.08. The molecule has 1 aromatic rings. The van der Waals surface area contributed by atoms with Crippen LogP contribution >= 0.6 is 0 Å². The van der Waals surface area contributed by atoms with E-state index < -0.39 is 0 Å². The van der Waals surface area contributed by atoms with Gasteiger partial charge in [0.05, 0.1) is 24.9 Å². The Bertz CT molecular complexity index is 415. The smallest absolute Gasteiger partial charge is 0.129 e. The van der Waals surface area contributed by atoms with Crippen molar-refractivity contribution in [2.24, 2.45) is 5.73 Å². The lowest BCUT2D eigenvalue weighted by Crippen LogP contribution is -2.34. The van der Waals surface area contributed by atoms with Gasteiger partial charge in [-0.2, -0.15) is 0 Å². The normalized spacial score (nSPS) is 27.5. The minimum Gasteiger partial charge on any atom is -0.375 e. The van der Waals surface area contributed by atoms with Crippen LogP contribution in [0.25, 0.3) is 0 Å². The summed E-state index contributed by atoms with van der Waals surface area (Å²) < 4.78 is 25.3. The number of hydrogen-bond acceptors (Lipinski definition) is 3. The van der Waals surface area contributed by atoms with E-state index in [0.29, 0.717) is 18.7 Å². The van der Waals surface area contributed by atoms with Gasteiger partial charge >= 0.3 is 0 Å².